The van der Waals surface area contributed by atoms with Crippen LogP contribution in [0.5, 0.6) is 0 Å². The standard InChI is InChI=1S/C19H16ClF5N2/c20-15-5-4-10(19(23,24)25)7-14(15)17-12(3-1-2-6-26)13-8-11(21)9-16(22)18(13)27-17/h4-5,7-9,27H,1-3,6,26H2. The molecule has 1 aromatic heterocycles. The number of aromatic amines is 1. The second kappa shape index (κ2) is 7.48. The summed E-state index contributed by atoms with van der Waals surface area (Å²) < 4.78 is 67.3. The lowest BCUT2D eigenvalue weighted by molar-refractivity contribution is -0.137. The summed E-state index contributed by atoms with van der Waals surface area (Å²) in [5.41, 5.74) is 5.50. The summed E-state index contributed by atoms with van der Waals surface area (Å²) in [5, 5.41) is 0.364. The van der Waals surface area contributed by atoms with E-state index < -0.39 is 23.4 Å². The number of alkyl halides is 3. The van der Waals surface area contributed by atoms with Gasteiger partial charge in [0.2, 0.25) is 0 Å². The average Bonchev–Trinajstić information content (AvgIpc) is 2.93. The highest BCUT2D eigenvalue weighted by Crippen LogP contribution is 2.39. The number of nitrogens with two attached hydrogens (primary N) is 1. The maximum Gasteiger partial charge on any atom is 0.416 e. The van der Waals surface area contributed by atoms with Crippen molar-refractivity contribution in [1.29, 1.82) is 0 Å². The number of nitrogens with one attached hydrogen (secondary N) is 1. The molecular formula is C19H16ClF5N2. The Bertz CT molecular complexity index is 978. The fourth-order valence-corrected chi connectivity index (χ4v) is 3.31. The smallest absolute Gasteiger partial charge is 0.352 e. The molecule has 0 aliphatic heterocycles. The van der Waals surface area contributed by atoms with Crippen LogP contribution in [0.1, 0.15) is 24.0 Å². The van der Waals surface area contributed by atoms with E-state index in [0.29, 0.717) is 31.4 Å². The van der Waals surface area contributed by atoms with Gasteiger partial charge in [-0.3, -0.25) is 0 Å². The molecule has 0 aliphatic rings. The molecule has 3 N–H and O–H groups in total. The van der Waals surface area contributed by atoms with E-state index in [1.807, 2.05) is 0 Å². The lowest BCUT2D eigenvalue weighted by Crippen LogP contribution is -2.05. The van der Waals surface area contributed by atoms with Gasteiger partial charge in [-0.15, -0.1) is 0 Å². The molecule has 144 valence electrons. The number of aromatic nitrogens is 1. The lowest BCUT2D eigenvalue weighted by atomic mass is 9.99. The van der Waals surface area contributed by atoms with Crippen LogP contribution < -0.4 is 5.73 Å². The van der Waals surface area contributed by atoms with Gasteiger partial charge < -0.3 is 10.7 Å². The van der Waals surface area contributed by atoms with E-state index in [4.69, 9.17) is 17.3 Å². The number of benzene rings is 2. The van der Waals surface area contributed by atoms with Gasteiger partial charge in [-0.1, -0.05) is 11.6 Å². The first-order valence-corrected chi connectivity index (χ1v) is 8.67. The van der Waals surface area contributed by atoms with Crippen LogP contribution in [0, 0.1) is 11.6 Å². The Kier molecular flexibility index (Phi) is 5.44. The monoisotopic (exact) mass is 402 g/mol. The fraction of sp³-hybridized carbons (Fsp3) is 0.263. The maximum absolute atomic E-state index is 14.2. The zero-order chi connectivity index (χ0) is 19.8. The van der Waals surface area contributed by atoms with Crippen LogP contribution in [-0.4, -0.2) is 11.5 Å². The van der Waals surface area contributed by atoms with Crippen LogP contribution in [0.25, 0.3) is 22.2 Å². The predicted molar refractivity (Wildman–Crippen MR) is 95.7 cm³/mol. The Morgan fingerprint density at radius 3 is 2.44 bits per heavy atom. The van der Waals surface area contributed by atoms with Gasteiger partial charge in [-0.2, -0.15) is 13.2 Å². The molecule has 0 saturated heterocycles. The molecule has 2 aromatic carbocycles. The van der Waals surface area contributed by atoms with E-state index in [1.165, 1.54) is 0 Å². The summed E-state index contributed by atoms with van der Waals surface area (Å²) in [6, 6.07) is 4.82. The molecule has 0 aliphatic carbocycles. The van der Waals surface area contributed by atoms with Crippen molar-refractivity contribution in [2.24, 2.45) is 5.73 Å². The predicted octanol–water partition coefficient (Wildman–Crippen LogP) is 6.07. The molecule has 0 saturated carbocycles. The minimum Gasteiger partial charge on any atom is -0.352 e. The van der Waals surface area contributed by atoms with Crippen molar-refractivity contribution in [1.82, 2.24) is 4.98 Å². The molecule has 27 heavy (non-hydrogen) atoms. The highest BCUT2D eigenvalue weighted by molar-refractivity contribution is 6.33. The summed E-state index contributed by atoms with van der Waals surface area (Å²) in [7, 11) is 0. The van der Waals surface area contributed by atoms with Crippen molar-refractivity contribution in [2.45, 2.75) is 25.4 Å². The number of H-pyrrole nitrogens is 1. The molecule has 3 rings (SSSR count). The van der Waals surface area contributed by atoms with Crippen LogP contribution in [0.4, 0.5) is 22.0 Å². The summed E-state index contributed by atoms with van der Waals surface area (Å²) in [5.74, 6) is -1.58. The van der Waals surface area contributed by atoms with E-state index in [-0.39, 0.29) is 27.2 Å². The summed E-state index contributed by atoms with van der Waals surface area (Å²) in [6.07, 6.45) is -2.88. The average molecular weight is 403 g/mol. The minimum atomic E-state index is -4.55. The fourth-order valence-electron chi connectivity index (χ4n) is 3.10. The van der Waals surface area contributed by atoms with Gasteiger partial charge in [0.05, 0.1) is 16.8 Å². The number of hydrogen-bond acceptors (Lipinski definition) is 1. The molecule has 3 aromatic rings. The van der Waals surface area contributed by atoms with E-state index >= 15 is 0 Å². The Morgan fingerprint density at radius 1 is 1.04 bits per heavy atom. The van der Waals surface area contributed by atoms with Gasteiger partial charge in [0.15, 0.2) is 0 Å². The molecule has 0 radical (unpaired) electrons. The summed E-state index contributed by atoms with van der Waals surface area (Å²) in [6.45, 7) is 0.435. The van der Waals surface area contributed by atoms with Crippen LogP contribution in [0.15, 0.2) is 30.3 Å². The number of fused-ring (bicyclic) bond motifs is 1. The van der Waals surface area contributed by atoms with Crippen molar-refractivity contribution in [3.8, 4) is 11.3 Å². The van der Waals surface area contributed by atoms with Gasteiger partial charge in [-0.05, 0) is 55.6 Å². The molecule has 8 heteroatoms. The SMILES string of the molecule is NCCCCc1c(-c2cc(C(F)(F)F)ccc2Cl)[nH]c2c(F)cc(F)cc12. The quantitative estimate of drug-likeness (QED) is 0.395. The minimum absolute atomic E-state index is 0.0302. The third-order valence-electron chi connectivity index (χ3n) is 4.38. The zero-order valence-corrected chi connectivity index (χ0v) is 14.8. The number of hydrogen-bond donors (Lipinski definition) is 2. The van der Waals surface area contributed by atoms with Gasteiger partial charge in [0.25, 0.3) is 0 Å². The Labute approximate surface area is 157 Å². The molecular weight excluding hydrogens is 387 g/mol. The molecule has 0 atom stereocenters. The summed E-state index contributed by atoms with van der Waals surface area (Å²) >= 11 is 6.14. The van der Waals surface area contributed by atoms with Crippen LogP contribution in [0.3, 0.4) is 0 Å². The molecule has 0 amide bonds. The molecule has 2 nitrogen and oxygen atoms in total. The third-order valence-corrected chi connectivity index (χ3v) is 4.71. The number of halogens is 6. The van der Waals surface area contributed by atoms with Crippen molar-refractivity contribution >= 4 is 22.5 Å². The first kappa shape index (κ1) is 19.6. The molecule has 0 fully saturated rings. The molecule has 1 heterocycles. The van der Waals surface area contributed by atoms with E-state index in [9.17, 15) is 22.0 Å². The Morgan fingerprint density at radius 2 is 1.78 bits per heavy atom. The lowest BCUT2D eigenvalue weighted by Gasteiger charge is -2.11. The van der Waals surface area contributed by atoms with Gasteiger partial charge in [-0.25, -0.2) is 8.78 Å². The third kappa shape index (κ3) is 3.94. The van der Waals surface area contributed by atoms with Gasteiger partial charge >= 0.3 is 6.18 Å². The first-order valence-electron chi connectivity index (χ1n) is 8.29. The zero-order valence-electron chi connectivity index (χ0n) is 14.1. The molecule has 0 bridgehead atoms. The second-order valence-corrected chi connectivity index (χ2v) is 6.63. The highest BCUT2D eigenvalue weighted by Gasteiger charge is 2.31. The number of rotatable bonds is 5. The van der Waals surface area contributed by atoms with Gasteiger partial charge in [0.1, 0.15) is 11.6 Å². The molecule has 0 spiro atoms. The van der Waals surface area contributed by atoms with Crippen LogP contribution >= 0.6 is 11.6 Å². The van der Waals surface area contributed by atoms with E-state index in [0.717, 1.165) is 30.3 Å². The van der Waals surface area contributed by atoms with E-state index in [1.54, 1.807) is 0 Å². The normalized spacial score (nSPS) is 12.1. The number of unbranched alkanes of at least 4 members (excludes halogenated alkanes) is 1. The summed E-state index contributed by atoms with van der Waals surface area (Å²) in [4.78, 5) is 2.80. The highest BCUT2D eigenvalue weighted by atomic mass is 35.5. The first-order chi connectivity index (χ1) is 12.7. The Hall–Kier alpha value is -2.12. The number of aryl methyl sites for hydroxylation is 1. The van der Waals surface area contributed by atoms with Crippen molar-refractivity contribution < 1.29 is 22.0 Å². The van der Waals surface area contributed by atoms with Crippen LogP contribution in [0.2, 0.25) is 5.02 Å². The van der Waals surface area contributed by atoms with Crippen molar-refractivity contribution in [3.63, 3.8) is 0 Å². The van der Waals surface area contributed by atoms with Crippen molar-refractivity contribution in [2.75, 3.05) is 6.54 Å². The largest absolute Gasteiger partial charge is 0.416 e. The maximum atomic E-state index is 14.2. The molecule has 0 unspecified atom stereocenters. The van der Waals surface area contributed by atoms with Crippen molar-refractivity contribution in [3.05, 3.63) is 58.1 Å². The van der Waals surface area contributed by atoms with E-state index in [2.05, 4.69) is 4.98 Å². The second-order valence-electron chi connectivity index (χ2n) is 6.23. The van der Waals surface area contributed by atoms with Gasteiger partial charge in [0, 0.05) is 22.0 Å². The topological polar surface area (TPSA) is 41.8 Å². The Balaban J connectivity index is 2.24. The van der Waals surface area contributed by atoms with Crippen LogP contribution in [-0.2, 0) is 12.6 Å².